The van der Waals surface area contributed by atoms with Crippen LogP contribution in [0, 0.1) is 0 Å². The normalized spacial score (nSPS) is 12.6. The van der Waals surface area contributed by atoms with Gasteiger partial charge in [0.05, 0.1) is 12.5 Å². The van der Waals surface area contributed by atoms with E-state index >= 15 is 0 Å². The van der Waals surface area contributed by atoms with Crippen LogP contribution in [-0.2, 0) is 18.7 Å². The molecule has 0 fully saturated rings. The summed E-state index contributed by atoms with van der Waals surface area (Å²) in [6.45, 7) is -0.818. The van der Waals surface area contributed by atoms with Crippen molar-refractivity contribution in [2.45, 2.75) is 25.0 Å². The molecular weight excluding hydrogens is 304 g/mol. The molecule has 1 rings (SSSR count). The van der Waals surface area contributed by atoms with Crippen LogP contribution in [0.4, 0.5) is 26.3 Å². The van der Waals surface area contributed by atoms with Crippen LogP contribution in [0.15, 0.2) is 6.20 Å². The van der Waals surface area contributed by atoms with Crippen LogP contribution in [0.25, 0.3) is 0 Å². The average Bonchev–Trinajstić information content (AvgIpc) is 2.24. The van der Waals surface area contributed by atoms with Crippen LogP contribution in [-0.4, -0.2) is 16.5 Å². The fraction of sp³-hybridized carbons (Fsp3) is 0.444. The molecule has 0 amide bonds. The second-order valence-electron chi connectivity index (χ2n) is 3.28. The van der Waals surface area contributed by atoms with Crippen molar-refractivity contribution in [2.75, 3.05) is 0 Å². The van der Waals surface area contributed by atoms with E-state index in [1.807, 2.05) is 0 Å². The van der Waals surface area contributed by atoms with Gasteiger partial charge in [0.25, 0.3) is 0 Å². The fourth-order valence-electron chi connectivity index (χ4n) is 1.28. The highest BCUT2D eigenvalue weighted by Crippen LogP contribution is 2.40. The highest BCUT2D eigenvalue weighted by molar-refractivity contribution is 6.17. The van der Waals surface area contributed by atoms with E-state index in [0.717, 1.165) is 0 Å². The molecule has 0 aromatic carbocycles. The van der Waals surface area contributed by atoms with E-state index < -0.39 is 42.0 Å². The average molecular weight is 310 g/mol. The zero-order valence-electron chi connectivity index (χ0n) is 8.94. The summed E-state index contributed by atoms with van der Waals surface area (Å²) in [5.74, 6) is -2.24. The van der Waals surface area contributed by atoms with Gasteiger partial charge in [-0.2, -0.15) is 13.2 Å². The first kappa shape index (κ1) is 15.8. The molecular formula is C9H6ClF6NO2. The van der Waals surface area contributed by atoms with Crippen LogP contribution in [0.3, 0.4) is 0 Å². The smallest absolute Gasteiger partial charge is 0.403 e. The molecule has 1 aromatic rings. The number of aromatic nitrogens is 1. The van der Waals surface area contributed by atoms with Crippen molar-refractivity contribution in [3.8, 4) is 5.75 Å². The van der Waals surface area contributed by atoms with Crippen molar-refractivity contribution in [1.29, 1.82) is 0 Å². The predicted octanol–water partition coefficient (Wildman–Crippen LogP) is 3.23. The van der Waals surface area contributed by atoms with Crippen LogP contribution in [0.2, 0.25) is 0 Å². The minimum absolute atomic E-state index is 0.276. The van der Waals surface area contributed by atoms with E-state index in [9.17, 15) is 26.3 Å². The van der Waals surface area contributed by atoms with Crippen molar-refractivity contribution in [1.82, 2.24) is 4.98 Å². The molecule has 0 saturated heterocycles. The second-order valence-corrected chi connectivity index (χ2v) is 3.54. The first-order valence-electron chi connectivity index (χ1n) is 4.60. The van der Waals surface area contributed by atoms with Gasteiger partial charge in [0.1, 0.15) is 0 Å². The molecule has 0 aliphatic carbocycles. The first-order chi connectivity index (χ1) is 8.60. The Balaban J connectivity index is 3.49. The van der Waals surface area contributed by atoms with Crippen molar-refractivity contribution in [3.05, 3.63) is 23.0 Å². The standard InChI is InChI=1S/C9H6ClF6NO2/c10-1-5-4(3-18)2-17-7(8(11,12)13)6(5)19-9(14,15)16/h2,18H,1,3H2. The minimum Gasteiger partial charge on any atom is -0.403 e. The third-order valence-electron chi connectivity index (χ3n) is 2.02. The molecule has 10 heteroatoms. The van der Waals surface area contributed by atoms with Gasteiger partial charge in [0.15, 0.2) is 11.4 Å². The number of hydrogen-bond acceptors (Lipinski definition) is 3. The Bertz CT molecular complexity index is 459. The summed E-state index contributed by atoms with van der Waals surface area (Å²) < 4.78 is 77.4. The molecule has 0 aliphatic heterocycles. The topological polar surface area (TPSA) is 42.4 Å². The molecule has 0 unspecified atom stereocenters. The summed E-state index contributed by atoms with van der Waals surface area (Å²) in [4.78, 5) is 2.84. The molecule has 0 aliphatic rings. The lowest BCUT2D eigenvalue weighted by atomic mass is 10.1. The van der Waals surface area contributed by atoms with Crippen LogP contribution in [0.1, 0.15) is 16.8 Å². The van der Waals surface area contributed by atoms with Crippen molar-refractivity contribution in [3.63, 3.8) is 0 Å². The maximum Gasteiger partial charge on any atom is 0.573 e. The van der Waals surface area contributed by atoms with Crippen LogP contribution < -0.4 is 4.74 Å². The molecule has 0 radical (unpaired) electrons. The molecule has 19 heavy (non-hydrogen) atoms. The lowest BCUT2D eigenvalue weighted by Gasteiger charge is -2.18. The number of alkyl halides is 7. The molecule has 1 heterocycles. The highest BCUT2D eigenvalue weighted by atomic mass is 35.5. The summed E-state index contributed by atoms with van der Waals surface area (Å²) in [5.41, 5.74) is -2.73. The van der Waals surface area contributed by atoms with Gasteiger partial charge in [-0.1, -0.05) is 0 Å². The Morgan fingerprint density at radius 1 is 1.21 bits per heavy atom. The zero-order chi connectivity index (χ0) is 14.8. The largest absolute Gasteiger partial charge is 0.573 e. The molecule has 0 atom stereocenters. The second kappa shape index (κ2) is 5.41. The van der Waals surface area contributed by atoms with Crippen molar-refractivity contribution in [2.24, 2.45) is 0 Å². The van der Waals surface area contributed by atoms with Gasteiger partial charge in [-0.3, -0.25) is 0 Å². The van der Waals surface area contributed by atoms with Crippen molar-refractivity contribution < 1.29 is 36.2 Å². The lowest BCUT2D eigenvalue weighted by Crippen LogP contribution is -2.22. The highest BCUT2D eigenvalue weighted by Gasteiger charge is 2.42. The third kappa shape index (κ3) is 3.87. The van der Waals surface area contributed by atoms with E-state index in [4.69, 9.17) is 16.7 Å². The summed E-state index contributed by atoms with van der Waals surface area (Å²) >= 11 is 5.31. The van der Waals surface area contributed by atoms with E-state index in [0.29, 0.717) is 6.20 Å². The zero-order valence-corrected chi connectivity index (χ0v) is 9.70. The molecule has 1 N–H and O–H groups in total. The number of rotatable bonds is 3. The maximum absolute atomic E-state index is 12.6. The number of nitrogens with zero attached hydrogens (tertiary/aromatic N) is 1. The van der Waals surface area contributed by atoms with Gasteiger partial charge in [-0.15, -0.1) is 24.8 Å². The Morgan fingerprint density at radius 3 is 2.16 bits per heavy atom. The fourth-order valence-corrected chi connectivity index (χ4v) is 1.57. The predicted molar refractivity (Wildman–Crippen MR) is 51.4 cm³/mol. The Kier molecular flexibility index (Phi) is 4.51. The molecule has 3 nitrogen and oxygen atoms in total. The Hall–Kier alpha value is -1.22. The number of ether oxygens (including phenoxy) is 1. The van der Waals surface area contributed by atoms with Gasteiger partial charge in [0.2, 0.25) is 0 Å². The molecule has 108 valence electrons. The van der Waals surface area contributed by atoms with Gasteiger partial charge in [-0.25, -0.2) is 4.98 Å². The summed E-state index contributed by atoms with van der Waals surface area (Å²) in [6.07, 6.45) is -9.88. The van der Waals surface area contributed by atoms with Crippen LogP contribution >= 0.6 is 11.6 Å². The van der Waals surface area contributed by atoms with Gasteiger partial charge < -0.3 is 9.84 Å². The SMILES string of the molecule is OCc1cnc(C(F)(F)F)c(OC(F)(F)F)c1CCl. The van der Waals surface area contributed by atoms with Gasteiger partial charge >= 0.3 is 12.5 Å². The van der Waals surface area contributed by atoms with E-state index in [1.54, 1.807) is 0 Å². The van der Waals surface area contributed by atoms with Crippen LogP contribution in [0.5, 0.6) is 5.75 Å². The molecule has 0 spiro atoms. The lowest BCUT2D eigenvalue weighted by molar-refractivity contribution is -0.276. The number of halogens is 7. The maximum atomic E-state index is 12.6. The van der Waals surface area contributed by atoms with Gasteiger partial charge in [0, 0.05) is 17.3 Å². The Morgan fingerprint density at radius 2 is 1.79 bits per heavy atom. The summed E-state index contributed by atoms with van der Waals surface area (Å²) in [7, 11) is 0. The van der Waals surface area contributed by atoms with E-state index in [1.165, 1.54) is 0 Å². The molecule has 0 bridgehead atoms. The number of aliphatic hydroxyl groups excluding tert-OH is 1. The number of hydrogen-bond donors (Lipinski definition) is 1. The minimum atomic E-state index is -5.34. The quantitative estimate of drug-likeness (QED) is 0.688. The monoisotopic (exact) mass is 309 g/mol. The summed E-state index contributed by atoms with van der Waals surface area (Å²) in [6, 6.07) is 0. The Labute approximate surface area is 107 Å². The summed E-state index contributed by atoms with van der Waals surface area (Å²) in [5, 5.41) is 8.85. The van der Waals surface area contributed by atoms with E-state index in [-0.39, 0.29) is 5.56 Å². The first-order valence-corrected chi connectivity index (χ1v) is 5.14. The van der Waals surface area contributed by atoms with E-state index in [2.05, 4.69) is 9.72 Å². The van der Waals surface area contributed by atoms with Crippen molar-refractivity contribution >= 4 is 11.6 Å². The molecule has 0 saturated carbocycles. The number of pyridine rings is 1. The number of aliphatic hydroxyl groups is 1. The van der Waals surface area contributed by atoms with Gasteiger partial charge in [-0.05, 0) is 0 Å². The third-order valence-corrected chi connectivity index (χ3v) is 2.28. The molecule has 1 aromatic heterocycles.